The molecular formula is C12H12ClN3O3. The first-order valence-electron chi connectivity index (χ1n) is 5.93. The lowest BCUT2D eigenvalue weighted by Gasteiger charge is -2.20. The second-order valence-corrected chi connectivity index (χ2v) is 5.19. The van der Waals surface area contributed by atoms with Gasteiger partial charge >= 0.3 is 5.97 Å². The Morgan fingerprint density at radius 2 is 2.37 bits per heavy atom. The maximum atomic E-state index is 11.1. The summed E-state index contributed by atoms with van der Waals surface area (Å²) in [4.78, 5) is 11.1. The number of hydrogen-bond acceptors (Lipinski definition) is 4. The van der Waals surface area contributed by atoms with Crippen molar-refractivity contribution in [2.75, 3.05) is 6.61 Å². The summed E-state index contributed by atoms with van der Waals surface area (Å²) in [7, 11) is 0. The molecule has 7 heteroatoms. The number of hydrogen-bond donors (Lipinski definition) is 1. The van der Waals surface area contributed by atoms with E-state index in [9.17, 15) is 4.79 Å². The van der Waals surface area contributed by atoms with E-state index in [1.54, 1.807) is 4.40 Å². The molecule has 0 amide bonds. The van der Waals surface area contributed by atoms with Crippen molar-refractivity contribution in [2.24, 2.45) is 0 Å². The third kappa shape index (κ3) is 1.87. The van der Waals surface area contributed by atoms with Gasteiger partial charge in [-0.25, -0.2) is 4.79 Å². The third-order valence-electron chi connectivity index (χ3n) is 3.40. The highest BCUT2D eigenvalue weighted by molar-refractivity contribution is 6.33. The molecule has 1 atom stereocenters. The number of carbonyl (C=O) groups is 1. The van der Waals surface area contributed by atoms with Gasteiger partial charge in [-0.05, 0) is 25.8 Å². The van der Waals surface area contributed by atoms with Gasteiger partial charge in [-0.15, -0.1) is 10.2 Å². The Morgan fingerprint density at radius 3 is 3.00 bits per heavy atom. The summed E-state index contributed by atoms with van der Waals surface area (Å²) in [5.41, 5.74) is -0.00148. The van der Waals surface area contributed by atoms with Gasteiger partial charge in [0.15, 0.2) is 11.5 Å². The Morgan fingerprint density at radius 1 is 1.58 bits per heavy atom. The summed E-state index contributed by atoms with van der Waals surface area (Å²) in [5.74, 6) is -0.453. The predicted octanol–water partition coefficient (Wildman–Crippen LogP) is 2.11. The topological polar surface area (TPSA) is 76.7 Å². The van der Waals surface area contributed by atoms with Crippen LogP contribution in [0.1, 0.15) is 35.9 Å². The molecule has 1 aliphatic rings. The summed E-state index contributed by atoms with van der Waals surface area (Å²) in [6.07, 6.45) is 3.24. The number of aromatic nitrogens is 3. The zero-order chi connectivity index (χ0) is 13.6. The van der Waals surface area contributed by atoms with Crippen molar-refractivity contribution in [3.05, 3.63) is 28.7 Å². The fourth-order valence-electron chi connectivity index (χ4n) is 2.39. The second-order valence-electron chi connectivity index (χ2n) is 4.78. The maximum absolute atomic E-state index is 11.1. The van der Waals surface area contributed by atoms with Crippen LogP contribution in [0.15, 0.2) is 12.3 Å². The van der Waals surface area contributed by atoms with Crippen LogP contribution < -0.4 is 0 Å². The van der Waals surface area contributed by atoms with Gasteiger partial charge in [-0.1, -0.05) is 11.6 Å². The van der Waals surface area contributed by atoms with Crippen LogP contribution in [0.25, 0.3) is 5.65 Å². The zero-order valence-electron chi connectivity index (χ0n) is 10.3. The van der Waals surface area contributed by atoms with E-state index in [4.69, 9.17) is 21.4 Å². The van der Waals surface area contributed by atoms with E-state index in [0.29, 0.717) is 18.1 Å². The lowest BCUT2D eigenvalue weighted by atomic mass is 10.0. The average Bonchev–Trinajstić information content (AvgIpc) is 2.96. The molecule has 3 heterocycles. The molecule has 0 saturated carbocycles. The number of carboxylic acids is 1. The minimum atomic E-state index is -1.04. The summed E-state index contributed by atoms with van der Waals surface area (Å²) in [6.45, 7) is 2.59. The van der Waals surface area contributed by atoms with Crippen molar-refractivity contribution in [1.82, 2.24) is 14.6 Å². The van der Waals surface area contributed by atoms with E-state index < -0.39 is 11.6 Å². The number of pyridine rings is 1. The molecule has 0 aliphatic carbocycles. The monoisotopic (exact) mass is 281 g/mol. The van der Waals surface area contributed by atoms with Gasteiger partial charge in [0.25, 0.3) is 0 Å². The van der Waals surface area contributed by atoms with Gasteiger partial charge in [0.05, 0.1) is 10.6 Å². The normalized spacial score (nSPS) is 23.1. The molecule has 1 aliphatic heterocycles. The number of halogens is 1. The first-order valence-corrected chi connectivity index (χ1v) is 6.31. The fourth-order valence-corrected chi connectivity index (χ4v) is 2.63. The van der Waals surface area contributed by atoms with Crippen LogP contribution in [-0.2, 0) is 10.3 Å². The van der Waals surface area contributed by atoms with Crippen molar-refractivity contribution < 1.29 is 14.6 Å². The van der Waals surface area contributed by atoms with Crippen LogP contribution in [-0.4, -0.2) is 32.3 Å². The van der Waals surface area contributed by atoms with Crippen LogP contribution in [0.4, 0.5) is 0 Å². The molecular weight excluding hydrogens is 270 g/mol. The Kier molecular flexibility index (Phi) is 2.72. The number of rotatable bonds is 2. The predicted molar refractivity (Wildman–Crippen MR) is 67.5 cm³/mol. The molecule has 19 heavy (non-hydrogen) atoms. The number of ether oxygens (including phenoxy) is 1. The summed E-state index contributed by atoms with van der Waals surface area (Å²) in [5, 5.41) is 17.5. The Bertz CT molecular complexity index is 662. The molecule has 3 rings (SSSR count). The van der Waals surface area contributed by atoms with E-state index >= 15 is 0 Å². The van der Waals surface area contributed by atoms with Gasteiger partial charge in [0.2, 0.25) is 0 Å². The number of carboxylic acid groups (broad SMARTS) is 1. The molecule has 2 aromatic rings. The zero-order valence-corrected chi connectivity index (χ0v) is 11.0. The van der Waals surface area contributed by atoms with Crippen LogP contribution in [0.2, 0.25) is 5.02 Å². The lowest BCUT2D eigenvalue weighted by molar-refractivity contribution is 0.00850. The Labute approximate surface area is 114 Å². The number of fused-ring (bicyclic) bond motifs is 1. The molecule has 0 spiro atoms. The van der Waals surface area contributed by atoms with Gasteiger partial charge < -0.3 is 9.84 Å². The van der Waals surface area contributed by atoms with E-state index in [-0.39, 0.29) is 10.6 Å². The highest BCUT2D eigenvalue weighted by atomic mass is 35.5. The fraction of sp³-hybridized carbons (Fsp3) is 0.417. The third-order valence-corrected chi connectivity index (χ3v) is 3.68. The van der Waals surface area contributed by atoms with Crippen molar-refractivity contribution in [3.63, 3.8) is 0 Å². The highest BCUT2D eigenvalue weighted by Gasteiger charge is 2.36. The van der Waals surface area contributed by atoms with Gasteiger partial charge in [0, 0.05) is 12.8 Å². The smallest absolute Gasteiger partial charge is 0.337 e. The molecule has 100 valence electrons. The molecule has 0 bridgehead atoms. The van der Waals surface area contributed by atoms with Crippen LogP contribution in [0.3, 0.4) is 0 Å². The first-order chi connectivity index (χ1) is 9.01. The highest BCUT2D eigenvalue weighted by Crippen LogP contribution is 2.35. The molecule has 0 radical (unpaired) electrons. The largest absolute Gasteiger partial charge is 0.478 e. The van der Waals surface area contributed by atoms with E-state index in [1.165, 1.54) is 12.3 Å². The van der Waals surface area contributed by atoms with E-state index in [1.807, 2.05) is 6.92 Å². The molecule has 2 aromatic heterocycles. The summed E-state index contributed by atoms with van der Waals surface area (Å²) >= 11 is 6.04. The first kappa shape index (κ1) is 12.4. The van der Waals surface area contributed by atoms with E-state index in [0.717, 1.165) is 12.8 Å². The Balaban J connectivity index is 2.24. The van der Waals surface area contributed by atoms with Crippen LogP contribution in [0, 0.1) is 0 Å². The molecule has 6 nitrogen and oxygen atoms in total. The lowest BCUT2D eigenvalue weighted by Crippen LogP contribution is -2.23. The summed E-state index contributed by atoms with van der Waals surface area (Å²) < 4.78 is 7.33. The standard InChI is InChI=1S/C12H12ClN3O3/c1-12(3-2-4-19-12)11-15-14-9-8(13)5-7(10(17)18)6-16(9)11/h5-6H,2-4H2,1H3,(H,17,18). The summed E-state index contributed by atoms with van der Waals surface area (Å²) in [6, 6.07) is 1.37. The van der Waals surface area contributed by atoms with Crippen LogP contribution >= 0.6 is 11.6 Å². The number of aromatic carboxylic acids is 1. The SMILES string of the molecule is CC1(c2nnc3c(Cl)cc(C(=O)O)cn23)CCCO1. The molecule has 1 fully saturated rings. The quantitative estimate of drug-likeness (QED) is 0.912. The molecule has 1 N–H and O–H groups in total. The Hall–Kier alpha value is -1.66. The van der Waals surface area contributed by atoms with Crippen molar-refractivity contribution >= 4 is 23.2 Å². The van der Waals surface area contributed by atoms with Crippen LogP contribution in [0.5, 0.6) is 0 Å². The van der Waals surface area contributed by atoms with Gasteiger partial charge in [-0.3, -0.25) is 4.40 Å². The average molecular weight is 282 g/mol. The maximum Gasteiger partial charge on any atom is 0.337 e. The minimum absolute atomic E-state index is 0.0974. The van der Waals surface area contributed by atoms with Gasteiger partial charge in [0.1, 0.15) is 5.60 Å². The van der Waals surface area contributed by atoms with Crippen molar-refractivity contribution in [2.45, 2.75) is 25.4 Å². The minimum Gasteiger partial charge on any atom is -0.478 e. The van der Waals surface area contributed by atoms with Crippen molar-refractivity contribution in [1.29, 1.82) is 0 Å². The second kappa shape index (κ2) is 4.18. The number of nitrogens with zero attached hydrogens (tertiary/aromatic N) is 3. The van der Waals surface area contributed by atoms with Gasteiger partial charge in [-0.2, -0.15) is 0 Å². The molecule has 1 unspecified atom stereocenters. The van der Waals surface area contributed by atoms with E-state index in [2.05, 4.69) is 10.2 Å². The molecule has 0 aromatic carbocycles. The molecule has 1 saturated heterocycles. The van der Waals surface area contributed by atoms with Crippen molar-refractivity contribution in [3.8, 4) is 0 Å².